The van der Waals surface area contributed by atoms with Crippen LogP contribution in [-0.4, -0.2) is 31.1 Å². The summed E-state index contributed by atoms with van der Waals surface area (Å²) >= 11 is 0. The zero-order valence-corrected chi connectivity index (χ0v) is 8.64. The molecule has 0 aromatic rings. The second-order valence-electron chi connectivity index (χ2n) is 4.48. The van der Waals surface area contributed by atoms with E-state index in [4.69, 9.17) is 5.73 Å². The van der Waals surface area contributed by atoms with Gasteiger partial charge in [-0.05, 0) is 31.8 Å². The maximum Gasteiger partial charge on any atom is 0.0105 e. The molecule has 0 saturated heterocycles. The molecule has 0 amide bonds. The lowest BCUT2D eigenvalue weighted by atomic mass is 9.85. The molecule has 72 valence electrons. The van der Waals surface area contributed by atoms with E-state index >= 15 is 0 Å². The molecule has 2 heteroatoms. The zero-order valence-electron chi connectivity index (χ0n) is 8.64. The molecule has 1 rings (SSSR count). The minimum absolute atomic E-state index is 0.380. The van der Waals surface area contributed by atoms with Crippen LogP contribution in [0.25, 0.3) is 0 Å². The summed E-state index contributed by atoms with van der Waals surface area (Å²) in [6.07, 6.45) is 3.84. The van der Waals surface area contributed by atoms with Crippen LogP contribution in [0, 0.1) is 5.41 Å². The van der Waals surface area contributed by atoms with E-state index in [0.717, 1.165) is 13.1 Å². The summed E-state index contributed by atoms with van der Waals surface area (Å²) in [6.45, 7) is 6.81. The maximum absolute atomic E-state index is 6.09. The zero-order chi connectivity index (χ0) is 9.19. The summed E-state index contributed by atoms with van der Waals surface area (Å²) in [5.74, 6) is 0. The molecule has 1 aliphatic rings. The molecule has 1 fully saturated rings. The van der Waals surface area contributed by atoms with Crippen molar-refractivity contribution >= 4 is 0 Å². The first-order chi connectivity index (χ1) is 5.58. The fourth-order valence-corrected chi connectivity index (χ4v) is 2.18. The van der Waals surface area contributed by atoms with Gasteiger partial charge in [-0.2, -0.15) is 0 Å². The average molecular weight is 170 g/mol. The van der Waals surface area contributed by atoms with Crippen molar-refractivity contribution < 1.29 is 0 Å². The van der Waals surface area contributed by atoms with Crippen molar-refractivity contribution in [3.8, 4) is 0 Å². The Labute approximate surface area is 76.1 Å². The lowest BCUT2D eigenvalue weighted by Gasteiger charge is -2.33. The highest BCUT2D eigenvalue weighted by Gasteiger charge is 2.36. The Morgan fingerprint density at radius 3 is 2.67 bits per heavy atom. The van der Waals surface area contributed by atoms with Crippen LogP contribution in [0.1, 0.15) is 33.1 Å². The van der Waals surface area contributed by atoms with E-state index in [9.17, 15) is 0 Å². The van der Waals surface area contributed by atoms with Gasteiger partial charge in [0, 0.05) is 12.6 Å². The van der Waals surface area contributed by atoms with Crippen LogP contribution < -0.4 is 5.73 Å². The quantitative estimate of drug-likeness (QED) is 0.694. The number of nitrogens with two attached hydrogens (primary N) is 1. The molecule has 2 N–H and O–H groups in total. The Morgan fingerprint density at radius 2 is 2.25 bits per heavy atom. The van der Waals surface area contributed by atoms with Crippen LogP contribution in [0.15, 0.2) is 0 Å². The Hall–Kier alpha value is -0.0800. The minimum Gasteiger partial charge on any atom is -0.327 e. The normalized spacial score (nSPS) is 36.2. The van der Waals surface area contributed by atoms with E-state index in [0.29, 0.717) is 11.5 Å². The van der Waals surface area contributed by atoms with E-state index in [1.165, 1.54) is 19.3 Å². The average Bonchev–Trinajstić information content (AvgIpc) is 2.32. The molecule has 0 bridgehead atoms. The highest BCUT2D eigenvalue weighted by Crippen LogP contribution is 2.36. The van der Waals surface area contributed by atoms with Crippen molar-refractivity contribution in [1.29, 1.82) is 0 Å². The van der Waals surface area contributed by atoms with Crippen LogP contribution in [0.2, 0.25) is 0 Å². The van der Waals surface area contributed by atoms with Gasteiger partial charge in [0.2, 0.25) is 0 Å². The summed E-state index contributed by atoms with van der Waals surface area (Å²) in [7, 11) is 2.18. The van der Waals surface area contributed by atoms with Crippen molar-refractivity contribution in [2.45, 2.75) is 39.2 Å². The molecule has 0 aliphatic heterocycles. The lowest BCUT2D eigenvalue weighted by Crippen LogP contribution is -2.43. The molecule has 1 aliphatic carbocycles. The smallest absolute Gasteiger partial charge is 0.0105 e. The summed E-state index contributed by atoms with van der Waals surface area (Å²) in [5.41, 5.74) is 6.47. The number of hydrogen-bond acceptors (Lipinski definition) is 2. The highest BCUT2D eigenvalue weighted by atomic mass is 15.1. The van der Waals surface area contributed by atoms with Gasteiger partial charge in [0.25, 0.3) is 0 Å². The van der Waals surface area contributed by atoms with Gasteiger partial charge >= 0.3 is 0 Å². The van der Waals surface area contributed by atoms with E-state index in [2.05, 4.69) is 25.8 Å². The molecule has 2 nitrogen and oxygen atoms in total. The topological polar surface area (TPSA) is 29.3 Å². The molecule has 2 atom stereocenters. The fraction of sp³-hybridized carbons (Fsp3) is 1.00. The second kappa shape index (κ2) is 3.75. The van der Waals surface area contributed by atoms with Crippen LogP contribution in [0.4, 0.5) is 0 Å². The van der Waals surface area contributed by atoms with Gasteiger partial charge in [-0.3, -0.25) is 0 Å². The van der Waals surface area contributed by atoms with E-state index in [1.807, 2.05) is 0 Å². The molecule has 0 heterocycles. The number of rotatable bonds is 3. The van der Waals surface area contributed by atoms with Crippen molar-refractivity contribution in [1.82, 2.24) is 4.90 Å². The largest absolute Gasteiger partial charge is 0.327 e. The molecule has 0 aromatic heterocycles. The predicted molar refractivity (Wildman–Crippen MR) is 53.1 cm³/mol. The van der Waals surface area contributed by atoms with Gasteiger partial charge in [-0.1, -0.05) is 20.3 Å². The Bertz CT molecular complexity index is 147. The van der Waals surface area contributed by atoms with Crippen LogP contribution >= 0.6 is 0 Å². The molecular formula is C10H22N2. The fourth-order valence-electron chi connectivity index (χ4n) is 2.18. The van der Waals surface area contributed by atoms with Gasteiger partial charge in [-0.15, -0.1) is 0 Å². The van der Waals surface area contributed by atoms with Crippen molar-refractivity contribution in [3.05, 3.63) is 0 Å². The molecule has 12 heavy (non-hydrogen) atoms. The van der Waals surface area contributed by atoms with Gasteiger partial charge in [0.15, 0.2) is 0 Å². The third kappa shape index (κ3) is 1.99. The van der Waals surface area contributed by atoms with Crippen molar-refractivity contribution in [3.63, 3.8) is 0 Å². The molecule has 0 spiro atoms. The van der Waals surface area contributed by atoms with Gasteiger partial charge in [0.05, 0.1) is 0 Å². The third-order valence-corrected chi connectivity index (χ3v) is 3.33. The van der Waals surface area contributed by atoms with Gasteiger partial charge in [0.1, 0.15) is 0 Å². The number of nitrogens with zero attached hydrogens (tertiary/aromatic N) is 1. The Kier molecular flexibility index (Phi) is 3.13. The predicted octanol–water partition coefficient (Wildman–Crippen LogP) is 1.46. The first kappa shape index (κ1) is 10.0. The van der Waals surface area contributed by atoms with Gasteiger partial charge in [-0.25, -0.2) is 0 Å². The number of hydrogen-bond donors (Lipinski definition) is 1. The molecule has 0 aromatic carbocycles. The first-order valence-corrected chi connectivity index (χ1v) is 5.02. The minimum atomic E-state index is 0.380. The third-order valence-electron chi connectivity index (χ3n) is 3.33. The second-order valence-corrected chi connectivity index (χ2v) is 4.48. The Morgan fingerprint density at radius 1 is 1.58 bits per heavy atom. The summed E-state index contributed by atoms with van der Waals surface area (Å²) in [6, 6.07) is 0.423. The SMILES string of the molecule is CCN(C)CC1(C)CCCC1N. The van der Waals surface area contributed by atoms with Crippen molar-refractivity contribution in [2.24, 2.45) is 11.1 Å². The monoisotopic (exact) mass is 170 g/mol. The van der Waals surface area contributed by atoms with Crippen molar-refractivity contribution in [2.75, 3.05) is 20.1 Å². The summed E-state index contributed by atoms with van der Waals surface area (Å²) in [4.78, 5) is 2.37. The first-order valence-electron chi connectivity index (χ1n) is 5.02. The van der Waals surface area contributed by atoms with E-state index < -0.39 is 0 Å². The summed E-state index contributed by atoms with van der Waals surface area (Å²) in [5, 5.41) is 0. The molecule has 1 saturated carbocycles. The van der Waals surface area contributed by atoms with E-state index in [1.54, 1.807) is 0 Å². The van der Waals surface area contributed by atoms with Crippen LogP contribution in [0.3, 0.4) is 0 Å². The maximum atomic E-state index is 6.09. The Balaban J connectivity index is 2.47. The van der Waals surface area contributed by atoms with Gasteiger partial charge < -0.3 is 10.6 Å². The lowest BCUT2D eigenvalue weighted by molar-refractivity contribution is 0.184. The highest BCUT2D eigenvalue weighted by molar-refractivity contribution is 4.92. The summed E-state index contributed by atoms with van der Waals surface area (Å²) < 4.78 is 0. The molecule has 0 radical (unpaired) electrons. The van der Waals surface area contributed by atoms with E-state index in [-0.39, 0.29) is 0 Å². The molecular weight excluding hydrogens is 148 g/mol. The van der Waals surface area contributed by atoms with Crippen LogP contribution in [-0.2, 0) is 0 Å². The molecule has 2 unspecified atom stereocenters. The van der Waals surface area contributed by atoms with Crippen LogP contribution in [0.5, 0.6) is 0 Å². The standard InChI is InChI=1S/C10H22N2/c1-4-12(3)8-10(2)7-5-6-9(10)11/h9H,4-8,11H2,1-3H3.